The van der Waals surface area contributed by atoms with Gasteiger partial charge in [0.05, 0.1) is 60.5 Å². The number of aromatic nitrogens is 8. The number of aldehydes is 1. The molecule has 0 unspecified atom stereocenters. The minimum absolute atomic E-state index is 0.0551. The Morgan fingerprint density at radius 1 is 0.736 bits per heavy atom. The van der Waals surface area contributed by atoms with E-state index in [1.807, 2.05) is 13.8 Å². The van der Waals surface area contributed by atoms with Crippen LogP contribution in [0.2, 0.25) is 0 Å². The van der Waals surface area contributed by atoms with Crippen LogP contribution in [-0.2, 0) is 22.6 Å². The van der Waals surface area contributed by atoms with Crippen molar-refractivity contribution in [2.75, 3.05) is 13.2 Å². The van der Waals surface area contributed by atoms with E-state index >= 15 is 0 Å². The first-order valence-corrected chi connectivity index (χ1v) is 17.3. The van der Waals surface area contributed by atoms with Crippen LogP contribution in [-0.4, -0.2) is 70.2 Å². The van der Waals surface area contributed by atoms with Gasteiger partial charge in [0.15, 0.2) is 35.6 Å². The summed E-state index contributed by atoms with van der Waals surface area (Å²) in [6.07, 6.45) is 4.07. The summed E-state index contributed by atoms with van der Waals surface area (Å²) in [4.78, 5) is 37.0. The lowest BCUT2D eigenvalue weighted by Crippen LogP contribution is -2.15. The molecule has 0 amide bonds. The lowest BCUT2D eigenvalue weighted by atomic mass is 10.1. The average molecular weight is 862 g/mol. The SMILES string of the molecule is CCn1ncc(C(=O)c2c(F)cnn2-c2ccc(F)cc2C2OCCO2)c1Br.CCn1ncc(C(=O)c2c(F)cnn2-c2ccc(F)cc2C=O)c1Br. The molecule has 0 saturated carbocycles. The zero-order valence-corrected chi connectivity index (χ0v) is 30.8. The summed E-state index contributed by atoms with van der Waals surface area (Å²) in [6.45, 7) is 5.46. The molecule has 2 aromatic carbocycles. The van der Waals surface area contributed by atoms with Crippen LogP contribution < -0.4 is 0 Å². The highest BCUT2D eigenvalue weighted by Crippen LogP contribution is 2.32. The van der Waals surface area contributed by atoms with E-state index in [2.05, 4.69) is 52.3 Å². The second kappa shape index (κ2) is 15.9. The second-order valence-corrected chi connectivity index (χ2v) is 12.6. The smallest absolute Gasteiger partial charge is 0.218 e. The molecule has 0 atom stereocenters. The third-order valence-electron chi connectivity index (χ3n) is 7.96. The first-order chi connectivity index (χ1) is 25.5. The molecule has 53 heavy (non-hydrogen) atoms. The van der Waals surface area contributed by atoms with Crippen LogP contribution in [0.1, 0.15) is 68.2 Å². The number of hydrogen-bond donors (Lipinski definition) is 0. The molecule has 1 fully saturated rings. The van der Waals surface area contributed by atoms with E-state index in [4.69, 9.17) is 9.47 Å². The Morgan fingerprint density at radius 3 is 1.68 bits per heavy atom. The number of carbonyl (C=O) groups is 3. The van der Waals surface area contributed by atoms with Gasteiger partial charge in [-0.2, -0.15) is 20.4 Å². The van der Waals surface area contributed by atoms with Gasteiger partial charge < -0.3 is 9.47 Å². The van der Waals surface area contributed by atoms with Gasteiger partial charge >= 0.3 is 0 Å². The monoisotopic (exact) mass is 860 g/mol. The predicted octanol–water partition coefficient (Wildman–Crippen LogP) is 6.58. The quantitative estimate of drug-likeness (QED) is 0.0849. The van der Waals surface area contributed by atoms with Crippen LogP contribution >= 0.6 is 31.9 Å². The third-order valence-corrected chi connectivity index (χ3v) is 9.63. The zero-order valence-electron chi connectivity index (χ0n) is 27.6. The number of ether oxygens (including phenoxy) is 2. The van der Waals surface area contributed by atoms with Crippen molar-refractivity contribution in [2.45, 2.75) is 33.2 Å². The van der Waals surface area contributed by atoms with Crippen molar-refractivity contribution >= 4 is 49.7 Å². The number of benzene rings is 2. The summed E-state index contributed by atoms with van der Waals surface area (Å²) in [7, 11) is 0. The van der Waals surface area contributed by atoms with E-state index in [1.54, 1.807) is 4.68 Å². The number of ketones is 2. The number of rotatable bonds is 10. The van der Waals surface area contributed by atoms with Gasteiger partial charge in [-0.1, -0.05) is 0 Å². The second-order valence-electron chi connectivity index (χ2n) is 11.1. The van der Waals surface area contributed by atoms with Crippen molar-refractivity contribution in [3.63, 3.8) is 0 Å². The lowest BCUT2D eigenvalue weighted by molar-refractivity contribution is -0.0443. The summed E-state index contributed by atoms with van der Waals surface area (Å²) in [5.74, 6) is -4.07. The highest BCUT2D eigenvalue weighted by Gasteiger charge is 2.30. The normalized spacial score (nSPS) is 12.9. The van der Waals surface area contributed by atoms with Gasteiger partial charge in [0.1, 0.15) is 20.8 Å². The Labute approximate surface area is 314 Å². The molecule has 0 bridgehead atoms. The van der Waals surface area contributed by atoms with Gasteiger partial charge in [-0.15, -0.1) is 0 Å². The fourth-order valence-electron chi connectivity index (χ4n) is 5.43. The molecule has 19 heteroatoms. The van der Waals surface area contributed by atoms with Gasteiger partial charge in [0.25, 0.3) is 0 Å². The molecule has 0 aliphatic carbocycles. The zero-order chi connectivity index (χ0) is 38.0. The number of carbonyl (C=O) groups excluding carboxylic acids is 3. The Morgan fingerprint density at radius 2 is 1.21 bits per heavy atom. The molecule has 7 rings (SSSR count). The maximum absolute atomic E-state index is 14.6. The molecule has 13 nitrogen and oxygen atoms in total. The molecule has 274 valence electrons. The average Bonchev–Trinajstić information content (AvgIpc) is 4.00. The van der Waals surface area contributed by atoms with Gasteiger partial charge in [-0.3, -0.25) is 23.7 Å². The van der Waals surface area contributed by atoms with Crippen molar-refractivity contribution < 1.29 is 41.4 Å². The molecule has 0 N–H and O–H groups in total. The third kappa shape index (κ3) is 7.28. The fraction of sp³-hybridized carbons (Fsp3) is 0.206. The highest BCUT2D eigenvalue weighted by molar-refractivity contribution is 9.10. The van der Waals surface area contributed by atoms with Crippen molar-refractivity contribution in [1.29, 1.82) is 0 Å². The molecule has 5 heterocycles. The number of halogens is 6. The van der Waals surface area contributed by atoms with E-state index < -0.39 is 41.1 Å². The van der Waals surface area contributed by atoms with Crippen molar-refractivity contribution in [1.82, 2.24) is 39.1 Å². The van der Waals surface area contributed by atoms with Gasteiger partial charge in [0, 0.05) is 24.2 Å². The van der Waals surface area contributed by atoms with Crippen LogP contribution in [0.3, 0.4) is 0 Å². The van der Waals surface area contributed by atoms with Crippen molar-refractivity contribution in [3.05, 3.63) is 127 Å². The van der Waals surface area contributed by atoms with Crippen molar-refractivity contribution in [2.24, 2.45) is 0 Å². The van der Waals surface area contributed by atoms with Crippen LogP contribution in [0.15, 0.2) is 70.4 Å². The number of hydrogen-bond acceptors (Lipinski definition) is 9. The maximum Gasteiger partial charge on any atom is 0.218 e. The Hall–Kier alpha value is -5.11. The van der Waals surface area contributed by atoms with E-state index in [0.29, 0.717) is 53.0 Å². The molecule has 1 aliphatic heterocycles. The summed E-state index contributed by atoms with van der Waals surface area (Å²) in [5, 5.41) is 16.0. The summed E-state index contributed by atoms with van der Waals surface area (Å²) < 4.78 is 72.9. The summed E-state index contributed by atoms with van der Waals surface area (Å²) >= 11 is 6.58. The van der Waals surface area contributed by atoms with E-state index in [9.17, 15) is 31.9 Å². The summed E-state index contributed by atoms with van der Waals surface area (Å²) in [5.41, 5.74) is 0.339. The number of aryl methyl sites for hydroxylation is 2. The van der Waals surface area contributed by atoms with E-state index in [0.717, 1.165) is 33.9 Å². The Balaban J connectivity index is 0.000000183. The van der Waals surface area contributed by atoms with Crippen LogP contribution in [0.5, 0.6) is 0 Å². The van der Waals surface area contributed by atoms with Gasteiger partial charge in [-0.25, -0.2) is 26.9 Å². The minimum Gasteiger partial charge on any atom is -0.346 e. The molecular formula is C34H26Br2F4N8O5. The van der Waals surface area contributed by atoms with Gasteiger partial charge in [-0.05, 0) is 82.1 Å². The van der Waals surface area contributed by atoms with Crippen LogP contribution in [0.25, 0.3) is 11.4 Å². The minimum atomic E-state index is -0.859. The lowest BCUT2D eigenvalue weighted by Gasteiger charge is -2.16. The fourth-order valence-corrected chi connectivity index (χ4v) is 6.68. The molecule has 0 radical (unpaired) electrons. The maximum atomic E-state index is 14.6. The molecule has 1 aliphatic rings. The predicted molar refractivity (Wildman–Crippen MR) is 185 cm³/mol. The first kappa shape index (κ1) is 37.6. The molecule has 0 spiro atoms. The van der Waals surface area contributed by atoms with Crippen molar-refractivity contribution in [3.8, 4) is 11.4 Å². The standard InChI is InChI=1S/C18H15BrF2N4O3.C16H11BrF2N4O2/c1-2-24-17(19)12(8-22-24)16(26)15-13(21)9-23-25(15)14-4-3-10(20)7-11(14)18-27-5-6-28-18;1-2-22-16(17)11(6-20-22)15(25)14-12(19)7-21-23(14)13-4-3-10(18)5-9(13)8-24/h3-4,7-9,18H,2,5-6H2,1H3;3-8H,2H2,1H3. The topological polar surface area (TPSA) is 141 Å². The number of nitrogens with zero attached hydrogens (tertiary/aromatic N) is 8. The Bertz CT molecular complexity index is 2350. The van der Waals surface area contributed by atoms with E-state index in [1.165, 1.54) is 41.3 Å². The van der Waals surface area contributed by atoms with Crippen LogP contribution in [0, 0.1) is 23.3 Å². The summed E-state index contributed by atoms with van der Waals surface area (Å²) in [6, 6.07) is 7.18. The molecule has 1 saturated heterocycles. The van der Waals surface area contributed by atoms with Gasteiger partial charge in [0.2, 0.25) is 11.6 Å². The Kier molecular flexibility index (Phi) is 11.3. The highest BCUT2D eigenvalue weighted by atomic mass is 79.9. The largest absolute Gasteiger partial charge is 0.346 e. The molecular weight excluding hydrogens is 836 g/mol. The molecule has 6 aromatic rings. The molecule has 4 aromatic heterocycles. The van der Waals surface area contributed by atoms with E-state index in [-0.39, 0.29) is 33.8 Å². The first-order valence-electron chi connectivity index (χ1n) is 15.8. The van der Waals surface area contributed by atoms with Crippen LogP contribution in [0.4, 0.5) is 17.6 Å².